The topological polar surface area (TPSA) is 215 Å². The van der Waals surface area contributed by atoms with Crippen LogP contribution >= 0.6 is 0 Å². The number of hydrogen-bond acceptors (Lipinski definition) is 9. The van der Waals surface area contributed by atoms with E-state index >= 15 is 0 Å². The van der Waals surface area contributed by atoms with E-state index in [9.17, 15) is 33.9 Å². The van der Waals surface area contributed by atoms with Crippen molar-refractivity contribution >= 4 is 35.8 Å². The van der Waals surface area contributed by atoms with Gasteiger partial charge in [-0.3, -0.25) is 19.2 Å². The molecule has 0 radical (unpaired) electrons. The molecule has 0 fully saturated rings. The molecule has 276 valence electrons. The number of amides is 4. The van der Waals surface area contributed by atoms with E-state index in [0.29, 0.717) is 24.9 Å². The van der Waals surface area contributed by atoms with E-state index < -0.39 is 77.5 Å². The Bertz CT molecular complexity index is 1240. The number of ether oxygens (including phenoxy) is 2. The summed E-state index contributed by atoms with van der Waals surface area (Å²) in [6.07, 6.45) is -0.122. The molecule has 4 atom stereocenters. The van der Waals surface area contributed by atoms with Crippen LogP contribution in [0.2, 0.25) is 0 Å². The van der Waals surface area contributed by atoms with Crippen molar-refractivity contribution in [2.75, 3.05) is 6.54 Å². The Morgan fingerprint density at radius 1 is 0.714 bits per heavy atom. The number of rotatable bonds is 19. The second-order valence-electron chi connectivity index (χ2n) is 14.5. The number of esters is 1. The quantitative estimate of drug-likeness (QED) is 0.0921. The van der Waals surface area contributed by atoms with Gasteiger partial charge in [-0.05, 0) is 91.7 Å². The highest BCUT2D eigenvalue weighted by Gasteiger charge is 2.33. The molecule has 4 amide bonds. The molecule has 14 nitrogen and oxygen atoms in total. The molecular formula is C35H57N5O9. The summed E-state index contributed by atoms with van der Waals surface area (Å²) in [4.78, 5) is 78.0. The van der Waals surface area contributed by atoms with Gasteiger partial charge in [-0.2, -0.15) is 0 Å². The molecular weight excluding hydrogens is 634 g/mol. The van der Waals surface area contributed by atoms with Gasteiger partial charge in [-0.15, -0.1) is 0 Å². The first-order valence-electron chi connectivity index (χ1n) is 16.8. The Labute approximate surface area is 290 Å². The molecule has 0 unspecified atom stereocenters. The van der Waals surface area contributed by atoms with Crippen molar-refractivity contribution in [3.8, 4) is 0 Å². The third-order valence-electron chi connectivity index (χ3n) is 6.86. The predicted molar refractivity (Wildman–Crippen MR) is 184 cm³/mol. The number of hydrogen-bond donors (Lipinski definition) is 6. The van der Waals surface area contributed by atoms with Crippen LogP contribution in [0.3, 0.4) is 0 Å². The third kappa shape index (κ3) is 18.8. The number of aliphatic carboxylic acids is 1. The molecule has 1 aromatic rings. The van der Waals surface area contributed by atoms with Gasteiger partial charge in [0.1, 0.15) is 35.4 Å². The number of carbonyl (C=O) groups is 6. The maximum absolute atomic E-state index is 13.7. The van der Waals surface area contributed by atoms with Gasteiger partial charge in [0, 0.05) is 12.8 Å². The molecule has 1 rings (SSSR count). The van der Waals surface area contributed by atoms with Crippen LogP contribution in [0.5, 0.6) is 0 Å². The molecule has 0 spiro atoms. The Kier molecular flexibility index (Phi) is 17.8. The van der Waals surface area contributed by atoms with E-state index in [2.05, 4.69) is 21.3 Å². The zero-order chi connectivity index (χ0) is 37.4. The molecule has 49 heavy (non-hydrogen) atoms. The highest BCUT2D eigenvalue weighted by Crippen LogP contribution is 2.15. The summed E-state index contributed by atoms with van der Waals surface area (Å²) in [7, 11) is 0. The second-order valence-corrected chi connectivity index (χ2v) is 14.5. The summed E-state index contributed by atoms with van der Waals surface area (Å²) in [5.74, 6) is -4.00. The molecule has 14 heteroatoms. The lowest BCUT2D eigenvalue weighted by Gasteiger charge is -2.28. The lowest BCUT2D eigenvalue weighted by Crippen LogP contribution is -2.58. The van der Waals surface area contributed by atoms with Gasteiger partial charge in [0.25, 0.3) is 0 Å². The number of carboxylic acids is 1. The molecule has 0 aromatic heterocycles. The van der Waals surface area contributed by atoms with Crippen molar-refractivity contribution in [2.24, 2.45) is 11.7 Å². The first kappa shape index (κ1) is 42.8. The SMILES string of the molecule is CC(C)C[C@H](NC(=O)[C@H](CCCCN)NC(=O)[C@H](CCC(=O)O)NC(=O)[C@H](Cc1ccccc1)NC(=O)OC(C)(C)C)C(=O)OC(C)(C)C. The molecule has 0 aliphatic rings. The van der Waals surface area contributed by atoms with Crippen LogP contribution in [0.4, 0.5) is 4.79 Å². The predicted octanol–water partition coefficient (Wildman–Crippen LogP) is 2.96. The van der Waals surface area contributed by atoms with Crippen molar-refractivity contribution in [3.63, 3.8) is 0 Å². The molecule has 0 heterocycles. The summed E-state index contributed by atoms with van der Waals surface area (Å²) in [5, 5.41) is 19.9. The van der Waals surface area contributed by atoms with Gasteiger partial charge in [0.15, 0.2) is 0 Å². The number of nitrogens with two attached hydrogens (primary N) is 1. The summed E-state index contributed by atoms with van der Waals surface area (Å²) in [6, 6.07) is 4.17. The third-order valence-corrected chi connectivity index (χ3v) is 6.86. The van der Waals surface area contributed by atoms with Crippen molar-refractivity contribution in [3.05, 3.63) is 35.9 Å². The normalized spacial score (nSPS) is 14.1. The zero-order valence-corrected chi connectivity index (χ0v) is 30.2. The Balaban J connectivity index is 3.31. The van der Waals surface area contributed by atoms with Gasteiger partial charge in [0.05, 0.1) is 0 Å². The fourth-order valence-electron chi connectivity index (χ4n) is 4.68. The van der Waals surface area contributed by atoms with E-state index in [1.54, 1.807) is 71.9 Å². The van der Waals surface area contributed by atoms with E-state index in [0.717, 1.165) is 0 Å². The summed E-state index contributed by atoms with van der Waals surface area (Å²) in [6.45, 7) is 14.3. The number of nitrogens with one attached hydrogen (secondary N) is 4. The summed E-state index contributed by atoms with van der Waals surface area (Å²) < 4.78 is 10.9. The molecule has 0 saturated heterocycles. The highest BCUT2D eigenvalue weighted by molar-refractivity contribution is 5.95. The number of alkyl carbamates (subject to hydrolysis) is 1. The molecule has 0 aliphatic carbocycles. The highest BCUT2D eigenvalue weighted by atomic mass is 16.6. The lowest BCUT2D eigenvalue weighted by molar-refractivity contribution is -0.159. The van der Waals surface area contributed by atoms with Crippen LogP contribution in [-0.2, 0) is 39.9 Å². The van der Waals surface area contributed by atoms with Crippen LogP contribution in [-0.4, -0.2) is 82.8 Å². The van der Waals surface area contributed by atoms with Gasteiger partial charge >= 0.3 is 18.0 Å². The van der Waals surface area contributed by atoms with Gasteiger partial charge in [-0.25, -0.2) is 9.59 Å². The van der Waals surface area contributed by atoms with E-state index in [1.165, 1.54) is 0 Å². The lowest BCUT2D eigenvalue weighted by atomic mass is 10.0. The van der Waals surface area contributed by atoms with E-state index in [1.807, 2.05) is 13.8 Å². The maximum Gasteiger partial charge on any atom is 0.408 e. The van der Waals surface area contributed by atoms with Crippen LogP contribution in [0.25, 0.3) is 0 Å². The maximum atomic E-state index is 13.7. The van der Waals surface area contributed by atoms with Crippen LogP contribution < -0.4 is 27.0 Å². The minimum atomic E-state index is -1.38. The van der Waals surface area contributed by atoms with Crippen molar-refractivity contribution < 1.29 is 43.3 Å². The first-order valence-corrected chi connectivity index (χ1v) is 16.8. The van der Waals surface area contributed by atoms with Crippen LogP contribution in [0, 0.1) is 5.92 Å². The molecule has 7 N–H and O–H groups in total. The first-order chi connectivity index (χ1) is 22.7. The van der Waals surface area contributed by atoms with Crippen LogP contribution in [0.1, 0.15) is 99.5 Å². The Morgan fingerprint density at radius 2 is 1.22 bits per heavy atom. The Hall–Kier alpha value is -4.20. The summed E-state index contributed by atoms with van der Waals surface area (Å²) in [5.41, 5.74) is 4.73. The van der Waals surface area contributed by atoms with E-state index in [4.69, 9.17) is 15.2 Å². The standard InChI is InChI=1S/C35H57N5O9/c1-22(2)20-27(32(46)48-34(3,4)5)39-29(43)24(16-12-13-19-36)37-30(44)25(17-18-28(41)42)38-31(45)26(21-23-14-10-9-11-15-23)40-33(47)49-35(6,7)8/h9-11,14-15,22,24-27H,12-13,16-21,36H2,1-8H3,(H,37,44)(H,38,45)(H,39,43)(H,40,47)(H,41,42)/t24-,25-,26-,27-/m0/s1. The number of carbonyl (C=O) groups excluding carboxylic acids is 5. The second kappa shape index (κ2) is 20.3. The fraction of sp³-hybridized carbons (Fsp3) is 0.657. The molecule has 0 aliphatic heterocycles. The molecule has 1 aromatic carbocycles. The average molecular weight is 692 g/mol. The minimum absolute atomic E-state index is 0.0248. The fourth-order valence-corrected chi connectivity index (χ4v) is 4.68. The van der Waals surface area contributed by atoms with Gasteiger partial charge < -0.3 is 41.6 Å². The molecule has 0 bridgehead atoms. The number of benzene rings is 1. The number of unbranched alkanes of at least 4 members (excludes halogenated alkanes) is 1. The van der Waals surface area contributed by atoms with Gasteiger partial charge in [-0.1, -0.05) is 44.2 Å². The summed E-state index contributed by atoms with van der Waals surface area (Å²) >= 11 is 0. The Morgan fingerprint density at radius 3 is 1.71 bits per heavy atom. The average Bonchev–Trinajstić information content (AvgIpc) is 2.96. The van der Waals surface area contributed by atoms with Crippen molar-refractivity contribution in [1.29, 1.82) is 0 Å². The van der Waals surface area contributed by atoms with Crippen molar-refractivity contribution in [2.45, 2.75) is 136 Å². The molecule has 0 saturated carbocycles. The van der Waals surface area contributed by atoms with Crippen LogP contribution in [0.15, 0.2) is 30.3 Å². The zero-order valence-electron chi connectivity index (χ0n) is 30.2. The van der Waals surface area contributed by atoms with Crippen molar-refractivity contribution in [1.82, 2.24) is 21.3 Å². The van der Waals surface area contributed by atoms with Gasteiger partial charge in [0.2, 0.25) is 17.7 Å². The van der Waals surface area contributed by atoms with E-state index in [-0.39, 0.29) is 31.6 Å². The minimum Gasteiger partial charge on any atom is -0.481 e. The monoisotopic (exact) mass is 691 g/mol. The largest absolute Gasteiger partial charge is 0.481 e. The number of carboxylic acid groups (broad SMARTS) is 1. The smallest absolute Gasteiger partial charge is 0.408 e.